The fourth-order valence-electron chi connectivity index (χ4n) is 3.95. The summed E-state index contributed by atoms with van der Waals surface area (Å²) in [5, 5.41) is 11.5. The standard InChI is InChI=1S/C25H22ClNO5/c1-14-6-7-15(2)16(11-14)13-27-22(20-5-4-10-32-20)21(24(29)25(27)30)23(28)18-12-17(26)8-9-19(18)31-3/h4-12,22,28H,13H2,1-3H3/b23-21-. The number of methoxy groups -OCH3 is 1. The second-order valence-electron chi connectivity index (χ2n) is 7.72. The summed E-state index contributed by atoms with van der Waals surface area (Å²) in [4.78, 5) is 27.7. The molecule has 1 N–H and O–H groups in total. The van der Waals surface area contributed by atoms with Gasteiger partial charge in [0.15, 0.2) is 0 Å². The molecule has 164 valence electrons. The number of hydrogen-bond acceptors (Lipinski definition) is 5. The average Bonchev–Trinajstić information content (AvgIpc) is 3.38. The van der Waals surface area contributed by atoms with E-state index in [-0.39, 0.29) is 23.4 Å². The molecule has 4 rings (SSSR count). The molecule has 0 saturated carbocycles. The summed E-state index contributed by atoms with van der Waals surface area (Å²) in [6.07, 6.45) is 1.47. The van der Waals surface area contributed by atoms with Crippen LogP contribution in [0.4, 0.5) is 0 Å². The Morgan fingerprint density at radius 1 is 1.16 bits per heavy atom. The van der Waals surface area contributed by atoms with E-state index in [1.807, 2.05) is 32.0 Å². The Kier molecular flexibility index (Phi) is 5.80. The molecule has 0 radical (unpaired) electrons. The van der Waals surface area contributed by atoms with Crippen LogP contribution in [0.2, 0.25) is 5.02 Å². The summed E-state index contributed by atoms with van der Waals surface area (Å²) in [5.41, 5.74) is 3.09. The molecule has 1 aliphatic rings. The van der Waals surface area contributed by atoms with Crippen LogP contribution >= 0.6 is 11.6 Å². The molecule has 1 atom stereocenters. The predicted octanol–water partition coefficient (Wildman–Crippen LogP) is 5.18. The summed E-state index contributed by atoms with van der Waals surface area (Å²) in [5.74, 6) is -1.18. The maximum Gasteiger partial charge on any atom is 0.296 e. The summed E-state index contributed by atoms with van der Waals surface area (Å²) in [6, 6.07) is 13.1. The van der Waals surface area contributed by atoms with Crippen molar-refractivity contribution < 1.29 is 23.8 Å². The summed E-state index contributed by atoms with van der Waals surface area (Å²) >= 11 is 6.12. The lowest BCUT2D eigenvalue weighted by Crippen LogP contribution is -2.29. The molecular weight excluding hydrogens is 430 g/mol. The molecule has 1 unspecified atom stereocenters. The molecule has 3 aromatic rings. The van der Waals surface area contributed by atoms with Crippen LogP contribution in [-0.2, 0) is 16.1 Å². The number of halogens is 1. The summed E-state index contributed by atoms with van der Waals surface area (Å²) in [6.45, 7) is 4.10. The lowest BCUT2D eigenvalue weighted by atomic mass is 9.98. The van der Waals surface area contributed by atoms with Gasteiger partial charge in [0, 0.05) is 11.6 Å². The third-order valence-corrected chi connectivity index (χ3v) is 5.85. The minimum absolute atomic E-state index is 0.0733. The van der Waals surface area contributed by atoms with Gasteiger partial charge in [0.05, 0.1) is 24.5 Å². The van der Waals surface area contributed by atoms with E-state index < -0.39 is 17.7 Å². The van der Waals surface area contributed by atoms with Gasteiger partial charge in [-0.1, -0.05) is 35.4 Å². The van der Waals surface area contributed by atoms with E-state index in [4.69, 9.17) is 20.8 Å². The summed E-state index contributed by atoms with van der Waals surface area (Å²) in [7, 11) is 1.45. The fourth-order valence-corrected chi connectivity index (χ4v) is 4.12. The lowest BCUT2D eigenvalue weighted by molar-refractivity contribution is -0.140. The van der Waals surface area contributed by atoms with Crippen molar-refractivity contribution in [3.63, 3.8) is 0 Å². The second-order valence-corrected chi connectivity index (χ2v) is 8.15. The maximum absolute atomic E-state index is 13.1. The van der Waals surface area contributed by atoms with E-state index in [1.54, 1.807) is 24.3 Å². The number of hydrogen-bond donors (Lipinski definition) is 1. The van der Waals surface area contributed by atoms with Crippen molar-refractivity contribution in [1.29, 1.82) is 0 Å². The van der Waals surface area contributed by atoms with E-state index in [0.29, 0.717) is 16.5 Å². The van der Waals surface area contributed by atoms with Crippen LogP contribution in [0.5, 0.6) is 5.75 Å². The molecule has 2 heterocycles. The number of amides is 1. The molecule has 1 saturated heterocycles. The largest absolute Gasteiger partial charge is 0.507 e. The molecular formula is C25H22ClNO5. The van der Waals surface area contributed by atoms with E-state index in [2.05, 4.69) is 0 Å². The number of rotatable bonds is 5. The average molecular weight is 452 g/mol. The molecule has 1 aromatic heterocycles. The normalized spacial score (nSPS) is 17.8. The van der Waals surface area contributed by atoms with Crippen LogP contribution in [-0.4, -0.2) is 28.8 Å². The fraction of sp³-hybridized carbons (Fsp3) is 0.200. The second kappa shape index (κ2) is 8.55. The van der Waals surface area contributed by atoms with Gasteiger partial charge in [-0.2, -0.15) is 0 Å². The number of aryl methyl sites for hydroxylation is 2. The lowest BCUT2D eigenvalue weighted by Gasteiger charge is -2.24. The topological polar surface area (TPSA) is 80.0 Å². The van der Waals surface area contributed by atoms with Crippen LogP contribution in [0.25, 0.3) is 5.76 Å². The summed E-state index contributed by atoms with van der Waals surface area (Å²) < 4.78 is 10.9. The third-order valence-electron chi connectivity index (χ3n) is 5.61. The number of benzene rings is 2. The number of carbonyl (C=O) groups excluding carboxylic acids is 2. The van der Waals surface area contributed by atoms with E-state index >= 15 is 0 Å². The van der Waals surface area contributed by atoms with Crippen LogP contribution in [0.3, 0.4) is 0 Å². The van der Waals surface area contributed by atoms with Gasteiger partial charge in [0.2, 0.25) is 0 Å². The van der Waals surface area contributed by atoms with E-state index in [1.165, 1.54) is 24.3 Å². The number of carbonyl (C=O) groups is 2. The van der Waals surface area contributed by atoms with Crippen molar-refractivity contribution in [2.24, 2.45) is 0 Å². The Hall–Kier alpha value is -3.51. The van der Waals surface area contributed by atoms with Crippen LogP contribution in [0.1, 0.15) is 34.1 Å². The highest BCUT2D eigenvalue weighted by molar-refractivity contribution is 6.46. The van der Waals surface area contributed by atoms with Crippen LogP contribution in [0, 0.1) is 13.8 Å². The SMILES string of the molecule is COc1ccc(Cl)cc1/C(O)=C1/C(=O)C(=O)N(Cc2cc(C)ccc2C)C1c1ccco1. The number of aliphatic hydroxyl groups is 1. The Bertz CT molecular complexity index is 1230. The number of Topliss-reactive ketones (excluding diaryl/α,β-unsaturated/α-hetero) is 1. The van der Waals surface area contributed by atoms with Gasteiger partial charge in [0.25, 0.3) is 11.7 Å². The molecule has 32 heavy (non-hydrogen) atoms. The monoisotopic (exact) mass is 451 g/mol. The molecule has 2 aromatic carbocycles. The highest BCUT2D eigenvalue weighted by Gasteiger charge is 2.47. The molecule has 0 bridgehead atoms. The van der Waals surface area contributed by atoms with E-state index in [9.17, 15) is 14.7 Å². The van der Waals surface area contributed by atoms with Gasteiger partial charge >= 0.3 is 0 Å². The highest BCUT2D eigenvalue weighted by atomic mass is 35.5. The molecule has 1 amide bonds. The number of likely N-dealkylation sites (tertiary alicyclic amines) is 1. The molecule has 1 fully saturated rings. The van der Waals surface area contributed by atoms with Crippen molar-refractivity contribution in [2.75, 3.05) is 7.11 Å². The quantitative estimate of drug-likeness (QED) is 0.328. The van der Waals surface area contributed by atoms with Gasteiger partial charge in [-0.25, -0.2) is 0 Å². The van der Waals surface area contributed by atoms with Gasteiger partial charge in [-0.15, -0.1) is 0 Å². The first kappa shape index (κ1) is 21.7. The highest BCUT2D eigenvalue weighted by Crippen LogP contribution is 2.42. The minimum atomic E-state index is -0.895. The van der Waals surface area contributed by atoms with Crippen molar-refractivity contribution in [3.8, 4) is 5.75 Å². The van der Waals surface area contributed by atoms with Crippen molar-refractivity contribution in [1.82, 2.24) is 4.90 Å². The Morgan fingerprint density at radius 2 is 1.94 bits per heavy atom. The van der Waals surface area contributed by atoms with Crippen LogP contribution in [0.15, 0.2) is 64.8 Å². The first-order valence-electron chi connectivity index (χ1n) is 10.0. The molecule has 6 nitrogen and oxygen atoms in total. The Balaban J connectivity index is 1.89. The zero-order valence-electron chi connectivity index (χ0n) is 17.9. The molecule has 1 aliphatic heterocycles. The number of ether oxygens (including phenoxy) is 1. The van der Waals surface area contributed by atoms with Gasteiger partial charge in [-0.3, -0.25) is 9.59 Å². The van der Waals surface area contributed by atoms with Crippen molar-refractivity contribution in [3.05, 3.63) is 93.4 Å². The number of furan rings is 1. The smallest absolute Gasteiger partial charge is 0.296 e. The van der Waals surface area contributed by atoms with Gasteiger partial charge in [0.1, 0.15) is 23.3 Å². The first-order valence-corrected chi connectivity index (χ1v) is 10.4. The number of nitrogens with zero attached hydrogens (tertiary/aromatic N) is 1. The van der Waals surface area contributed by atoms with Crippen LogP contribution < -0.4 is 4.74 Å². The third kappa shape index (κ3) is 3.78. The zero-order chi connectivity index (χ0) is 23.0. The van der Waals surface area contributed by atoms with Gasteiger partial charge < -0.3 is 19.2 Å². The zero-order valence-corrected chi connectivity index (χ0v) is 18.6. The van der Waals surface area contributed by atoms with Crippen molar-refractivity contribution in [2.45, 2.75) is 26.4 Å². The maximum atomic E-state index is 13.1. The number of ketones is 1. The number of aliphatic hydroxyl groups excluding tert-OH is 1. The van der Waals surface area contributed by atoms with E-state index in [0.717, 1.165) is 16.7 Å². The van der Waals surface area contributed by atoms with Gasteiger partial charge in [-0.05, 0) is 55.3 Å². The Labute approximate surface area is 190 Å². The van der Waals surface area contributed by atoms with Crippen molar-refractivity contribution >= 4 is 29.1 Å². The molecule has 0 spiro atoms. The predicted molar refractivity (Wildman–Crippen MR) is 120 cm³/mol. The first-order chi connectivity index (χ1) is 15.3. The Morgan fingerprint density at radius 3 is 2.62 bits per heavy atom. The molecule has 7 heteroatoms. The molecule has 0 aliphatic carbocycles. The minimum Gasteiger partial charge on any atom is -0.507 e.